The Bertz CT molecular complexity index is 354. The molecule has 2 rings (SSSR count). The molecule has 0 bridgehead atoms. The summed E-state index contributed by atoms with van der Waals surface area (Å²) in [6.45, 7) is 4.32. The predicted molar refractivity (Wildman–Crippen MR) is 65.2 cm³/mol. The van der Waals surface area contributed by atoms with Crippen LogP contribution in [0.1, 0.15) is 13.3 Å². The molecule has 0 radical (unpaired) electrons. The van der Waals surface area contributed by atoms with E-state index in [9.17, 15) is 4.39 Å². The van der Waals surface area contributed by atoms with Crippen molar-refractivity contribution in [1.29, 1.82) is 0 Å². The van der Waals surface area contributed by atoms with Crippen molar-refractivity contribution in [1.82, 2.24) is 5.32 Å². The number of halogens is 1. The summed E-state index contributed by atoms with van der Waals surface area (Å²) in [6, 6.07) is 7.27. The van der Waals surface area contributed by atoms with E-state index in [1.807, 2.05) is 13.1 Å². The van der Waals surface area contributed by atoms with E-state index in [2.05, 4.69) is 17.1 Å². The number of anilines is 1. The van der Waals surface area contributed by atoms with E-state index in [-0.39, 0.29) is 5.82 Å². The number of nitrogens with zero attached hydrogens (tertiary/aromatic N) is 1. The molecule has 1 saturated heterocycles. The third kappa shape index (κ3) is 2.53. The smallest absolute Gasteiger partial charge is 0.125 e. The molecule has 1 aromatic rings. The maximum absolute atomic E-state index is 13.1. The summed E-state index contributed by atoms with van der Waals surface area (Å²) in [7, 11) is 2.04. The molecule has 16 heavy (non-hydrogen) atoms. The number of likely N-dealkylation sites (N-methyl/N-ethyl adjacent to an activating group) is 1. The Labute approximate surface area is 96.5 Å². The van der Waals surface area contributed by atoms with Crippen molar-refractivity contribution in [2.75, 3.05) is 25.0 Å². The molecule has 1 aliphatic heterocycles. The number of benzene rings is 1. The minimum atomic E-state index is -0.166. The van der Waals surface area contributed by atoms with Crippen molar-refractivity contribution in [3.8, 4) is 0 Å². The Kier molecular flexibility index (Phi) is 3.44. The molecule has 1 N–H and O–H groups in total. The summed E-state index contributed by atoms with van der Waals surface area (Å²) >= 11 is 0. The molecule has 3 heteroatoms. The highest BCUT2D eigenvalue weighted by atomic mass is 19.1. The number of nitrogens with one attached hydrogen (secondary N) is 1. The first-order chi connectivity index (χ1) is 7.66. The summed E-state index contributed by atoms with van der Waals surface area (Å²) in [4.78, 5) is 2.17. The minimum absolute atomic E-state index is 0.166. The summed E-state index contributed by atoms with van der Waals surface area (Å²) in [6.07, 6.45) is 1.17. The van der Waals surface area contributed by atoms with E-state index in [0.29, 0.717) is 12.0 Å². The first-order valence-electron chi connectivity index (χ1n) is 5.86. The average Bonchev–Trinajstić information content (AvgIpc) is 2.28. The second-order valence-corrected chi connectivity index (χ2v) is 4.74. The van der Waals surface area contributed by atoms with Crippen LogP contribution in [0.25, 0.3) is 0 Å². The summed E-state index contributed by atoms with van der Waals surface area (Å²) < 4.78 is 13.1. The molecule has 2 atom stereocenters. The molecule has 2 nitrogen and oxygen atoms in total. The van der Waals surface area contributed by atoms with Crippen molar-refractivity contribution in [2.24, 2.45) is 5.92 Å². The van der Waals surface area contributed by atoms with Crippen LogP contribution in [0.15, 0.2) is 24.3 Å². The molecule has 0 aliphatic carbocycles. The van der Waals surface area contributed by atoms with Crippen molar-refractivity contribution < 1.29 is 4.39 Å². The van der Waals surface area contributed by atoms with E-state index < -0.39 is 0 Å². The van der Waals surface area contributed by atoms with Gasteiger partial charge in [-0.1, -0.05) is 13.0 Å². The fourth-order valence-electron chi connectivity index (χ4n) is 2.33. The van der Waals surface area contributed by atoms with E-state index in [4.69, 9.17) is 0 Å². The highest BCUT2D eigenvalue weighted by molar-refractivity contribution is 5.46. The monoisotopic (exact) mass is 222 g/mol. The molecule has 1 heterocycles. The Morgan fingerprint density at radius 3 is 2.88 bits per heavy atom. The Hall–Kier alpha value is -1.09. The molecular formula is C13H19FN2. The van der Waals surface area contributed by atoms with Crippen LogP contribution in [0.2, 0.25) is 0 Å². The molecule has 1 fully saturated rings. The molecule has 0 aromatic heterocycles. The van der Waals surface area contributed by atoms with Crippen molar-refractivity contribution in [2.45, 2.75) is 19.4 Å². The molecule has 88 valence electrons. The van der Waals surface area contributed by atoms with Gasteiger partial charge in [-0.2, -0.15) is 0 Å². The van der Waals surface area contributed by atoms with Gasteiger partial charge in [-0.15, -0.1) is 0 Å². The van der Waals surface area contributed by atoms with Crippen LogP contribution < -0.4 is 10.2 Å². The van der Waals surface area contributed by atoms with Crippen LogP contribution in [0.4, 0.5) is 10.1 Å². The molecular weight excluding hydrogens is 203 g/mol. The Balaban J connectivity index is 2.09. The number of hydrogen-bond acceptors (Lipinski definition) is 2. The fourth-order valence-corrected chi connectivity index (χ4v) is 2.33. The van der Waals surface area contributed by atoms with Crippen LogP contribution in [-0.4, -0.2) is 26.2 Å². The summed E-state index contributed by atoms with van der Waals surface area (Å²) in [5, 5.41) is 3.41. The normalized spacial score (nSPS) is 25.4. The van der Waals surface area contributed by atoms with Crippen LogP contribution in [-0.2, 0) is 0 Å². The molecule has 1 aliphatic rings. The Morgan fingerprint density at radius 1 is 1.38 bits per heavy atom. The van der Waals surface area contributed by atoms with Crippen molar-refractivity contribution in [3.63, 3.8) is 0 Å². The largest absolute Gasteiger partial charge is 0.370 e. The molecule has 1 aromatic carbocycles. The Morgan fingerprint density at radius 2 is 2.19 bits per heavy atom. The number of hydrogen-bond donors (Lipinski definition) is 1. The lowest BCUT2D eigenvalue weighted by molar-refractivity contribution is 0.355. The zero-order chi connectivity index (χ0) is 11.5. The van der Waals surface area contributed by atoms with Gasteiger partial charge >= 0.3 is 0 Å². The molecule has 0 saturated carbocycles. The zero-order valence-corrected chi connectivity index (χ0v) is 9.91. The molecule has 0 spiro atoms. The number of rotatable bonds is 2. The van der Waals surface area contributed by atoms with Gasteiger partial charge in [-0.25, -0.2) is 4.39 Å². The third-order valence-corrected chi connectivity index (χ3v) is 3.31. The van der Waals surface area contributed by atoms with Gasteiger partial charge in [0.2, 0.25) is 0 Å². The quantitative estimate of drug-likeness (QED) is 0.825. The molecule has 2 unspecified atom stereocenters. The van der Waals surface area contributed by atoms with Crippen LogP contribution in [0.3, 0.4) is 0 Å². The maximum Gasteiger partial charge on any atom is 0.125 e. The van der Waals surface area contributed by atoms with E-state index in [1.54, 1.807) is 12.1 Å². The topological polar surface area (TPSA) is 15.3 Å². The van der Waals surface area contributed by atoms with Crippen molar-refractivity contribution in [3.05, 3.63) is 30.1 Å². The van der Waals surface area contributed by atoms with Gasteiger partial charge in [0.1, 0.15) is 5.82 Å². The predicted octanol–water partition coefficient (Wildman–Crippen LogP) is 2.26. The average molecular weight is 222 g/mol. The SMILES string of the molecule is CC1CNCC(N(C)c2cccc(F)c2)C1. The third-order valence-electron chi connectivity index (χ3n) is 3.31. The van der Waals surface area contributed by atoms with Crippen LogP contribution in [0, 0.1) is 11.7 Å². The highest BCUT2D eigenvalue weighted by Crippen LogP contribution is 2.21. The van der Waals surface area contributed by atoms with E-state index >= 15 is 0 Å². The van der Waals surface area contributed by atoms with E-state index in [1.165, 1.54) is 12.5 Å². The van der Waals surface area contributed by atoms with Gasteiger partial charge in [0, 0.05) is 25.3 Å². The van der Waals surface area contributed by atoms with Crippen LogP contribution >= 0.6 is 0 Å². The second-order valence-electron chi connectivity index (χ2n) is 4.74. The first-order valence-corrected chi connectivity index (χ1v) is 5.86. The van der Waals surface area contributed by atoms with Crippen molar-refractivity contribution >= 4 is 5.69 Å². The zero-order valence-electron chi connectivity index (χ0n) is 9.91. The van der Waals surface area contributed by atoms with Gasteiger partial charge in [0.25, 0.3) is 0 Å². The second kappa shape index (κ2) is 4.83. The lowest BCUT2D eigenvalue weighted by atomic mass is 9.96. The lowest BCUT2D eigenvalue weighted by Crippen LogP contribution is -2.47. The van der Waals surface area contributed by atoms with Gasteiger partial charge in [-0.05, 0) is 37.1 Å². The minimum Gasteiger partial charge on any atom is -0.370 e. The van der Waals surface area contributed by atoms with Gasteiger partial charge in [0.05, 0.1) is 0 Å². The standard InChI is InChI=1S/C13H19FN2/c1-10-6-13(9-15-8-10)16(2)12-5-3-4-11(14)7-12/h3-5,7,10,13,15H,6,8-9H2,1-2H3. The van der Waals surface area contributed by atoms with Gasteiger partial charge in [-0.3, -0.25) is 0 Å². The molecule has 0 amide bonds. The fraction of sp³-hybridized carbons (Fsp3) is 0.538. The summed E-state index contributed by atoms with van der Waals surface area (Å²) in [5.41, 5.74) is 0.959. The maximum atomic E-state index is 13.1. The van der Waals surface area contributed by atoms with Gasteiger partial charge in [0.15, 0.2) is 0 Å². The number of piperidine rings is 1. The highest BCUT2D eigenvalue weighted by Gasteiger charge is 2.22. The van der Waals surface area contributed by atoms with Gasteiger partial charge < -0.3 is 10.2 Å². The van der Waals surface area contributed by atoms with E-state index in [0.717, 1.165) is 18.8 Å². The summed E-state index contributed by atoms with van der Waals surface area (Å²) in [5.74, 6) is 0.524. The lowest BCUT2D eigenvalue weighted by Gasteiger charge is -2.36. The first kappa shape index (κ1) is 11.4. The van der Waals surface area contributed by atoms with Crippen LogP contribution in [0.5, 0.6) is 0 Å².